The lowest BCUT2D eigenvalue weighted by Gasteiger charge is -2.09. The van der Waals surface area contributed by atoms with E-state index in [4.69, 9.17) is 10.2 Å². The zero-order valence-corrected chi connectivity index (χ0v) is 11.5. The molecule has 7 heteroatoms. The third-order valence-electron chi connectivity index (χ3n) is 2.86. The van der Waals surface area contributed by atoms with Gasteiger partial charge in [0.25, 0.3) is 0 Å². The molecule has 0 fully saturated rings. The summed E-state index contributed by atoms with van der Waals surface area (Å²) in [5.41, 5.74) is 7.13. The molecule has 0 aliphatic rings. The molecule has 0 radical (unpaired) electrons. The summed E-state index contributed by atoms with van der Waals surface area (Å²) in [6.45, 7) is 2.03. The number of halogens is 1. The molecule has 2 aromatic rings. The number of aryl methyl sites for hydroxylation is 1. The molecule has 1 aromatic heterocycles. The van der Waals surface area contributed by atoms with Crippen molar-refractivity contribution in [3.8, 4) is 0 Å². The number of anilines is 1. The topological polar surface area (TPSA) is 90.3 Å². The van der Waals surface area contributed by atoms with Crippen molar-refractivity contribution in [3.05, 3.63) is 28.7 Å². The number of nitrogens with one attached hydrogen (secondary N) is 1. The number of benzene rings is 1. The molecule has 0 aliphatic heterocycles. The van der Waals surface area contributed by atoms with Gasteiger partial charge in [-0.1, -0.05) is 6.92 Å². The van der Waals surface area contributed by atoms with Gasteiger partial charge in [0, 0.05) is 31.3 Å². The van der Waals surface area contributed by atoms with Crippen molar-refractivity contribution < 1.29 is 9.21 Å². The van der Waals surface area contributed by atoms with Gasteiger partial charge in [0.15, 0.2) is 5.58 Å². The van der Waals surface area contributed by atoms with Crippen LogP contribution in [0.2, 0.25) is 0 Å². The third kappa shape index (κ3) is 2.97. The van der Waals surface area contributed by atoms with E-state index < -0.39 is 5.76 Å². The molecule has 6 nitrogen and oxygen atoms in total. The zero-order valence-electron chi connectivity index (χ0n) is 10.7. The van der Waals surface area contributed by atoms with Gasteiger partial charge in [-0.3, -0.25) is 9.36 Å². The number of fused-ring (bicyclic) bond motifs is 1. The van der Waals surface area contributed by atoms with Crippen LogP contribution < -0.4 is 16.8 Å². The molecule has 1 amide bonds. The van der Waals surface area contributed by atoms with Crippen LogP contribution in [0.3, 0.4) is 0 Å². The predicted molar refractivity (Wildman–Crippen MR) is 75.6 cm³/mol. The molecule has 0 bridgehead atoms. The standard InChI is InChI=1S/C12H15N3O3.ClH/c1-7(6-13)11(16)14-8-3-4-9-10(5-8)18-12(17)15(9)2;/h3-5,7H,6,13H2,1-2H3,(H,14,16);1H. The molecule has 2 rings (SSSR count). The van der Waals surface area contributed by atoms with E-state index in [0.29, 0.717) is 16.8 Å². The summed E-state index contributed by atoms with van der Waals surface area (Å²) in [7, 11) is 1.63. The lowest BCUT2D eigenvalue weighted by atomic mass is 10.1. The summed E-state index contributed by atoms with van der Waals surface area (Å²) in [5, 5.41) is 2.72. The first-order valence-corrected chi connectivity index (χ1v) is 5.63. The highest BCUT2D eigenvalue weighted by atomic mass is 35.5. The SMILES string of the molecule is CC(CN)C(=O)Nc1ccc2c(c1)oc(=O)n2C.Cl. The molecule has 1 heterocycles. The molecule has 104 valence electrons. The van der Waals surface area contributed by atoms with E-state index in [1.54, 1.807) is 32.2 Å². The minimum Gasteiger partial charge on any atom is -0.408 e. The number of aromatic nitrogens is 1. The van der Waals surface area contributed by atoms with Gasteiger partial charge in [0.05, 0.1) is 5.52 Å². The van der Waals surface area contributed by atoms with Gasteiger partial charge in [-0.05, 0) is 12.1 Å². The van der Waals surface area contributed by atoms with Crippen molar-refractivity contribution >= 4 is 35.1 Å². The summed E-state index contributed by atoms with van der Waals surface area (Å²) >= 11 is 0. The van der Waals surface area contributed by atoms with Crippen LogP contribution in [0.4, 0.5) is 5.69 Å². The largest absolute Gasteiger partial charge is 0.419 e. The second kappa shape index (κ2) is 5.90. The maximum atomic E-state index is 11.7. The van der Waals surface area contributed by atoms with Crippen molar-refractivity contribution in [2.75, 3.05) is 11.9 Å². The highest BCUT2D eigenvalue weighted by Gasteiger charge is 2.12. The van der Waals surface area contributed by atoms with Crippen molar-refractivity contribution in [1.82, 2.24) is 4.57 Å². The number of carbonyl (C=O) groups excluding carboxylic acids is 1. The number of hydrogen-bond acceptors (Lipinski definition) is 4. The smallest absolute Gasteiger partial charge is 0.408 e. The van der Waals surface area contributed by atoms with Crippen molar-refractivity contribution in [1.29, 1.82) is 0 Å². The van der Waals surface area contributed by atoms with Crippen molar-refractivity contribution in [2.45, 2.75) is 6.92 Å². The van der Waals surface area contributed by atoms with E-state index >= 15 is 0 Å². The first-order valence-electron chi connectivity index (χ1n) is 5.63. The van der Waals surface area contributed by atoms with E-state index in [9.17, 15) is 9.59 Å². The third-order valence-corrected chi connectivity index (χ3v) is 2.86. The van der Waals surface area contributed by atoms with Gasteiger partial charge in [-0.15, -0.1) is 12.4 Å². The summed E-state index contributed by atoms with van der Waals surface area (Å²) in [6, 6.07) is 5.07. The number of amides is 1. The van der Waals surface area contributed by atoms with E-state index in [2.05, 4.69) is 5.32 Å². The second-order valence-electron chi connectivity index (χ2n) is 4.24. The quantitative estimate of drug-likeness (QED) is 0.883. The minimum absolute atomic E-state index is 0. The first kappa shape index (κ1) is 15.3. The van der Waals surface area contributed by atoms with Gasteiger partial charge >= 0.3 is 5.76 Å². The Hall–Kier alpha value is -1.79. The molecular formula is C12H16ClN3O3. The molecule has 0 saturated carbocycles. The van der Waals surface area contributed by atoms with E-state index in [-0.39, 0.29) is 30.8 Å². The van der Waals surface area contributed by atoms with E-state index in [1.165, 1.54) is 4.57 Å². The fourth-order valence-corrected chi connectivity index (χ4v) is 1.58. The Labute approximate surface area is 116 Å². The molecule has 0 spiro atoms. The van der Waals surface area contributed by atoms with Crippen LogP contribution in [-0.4, -0.2) is 17.0 Å². The molecule has 1 unspecified atom stereocenters. The number of nitrogens with zero attached hydrogens (tertiary/aromatic N) is 1. The Morgan fingerprint density at radius 3 is 2.84 bits per heavy atom. The highest BCUT2D eigenvalue weighted by Crippen LogP contribution is 2.18. The number of carbonyl (C=O) groups is 1. The van der Waals surface area contributed by atoms with Gasteiger partial charge in [0.1, 0.15) is 0 Å². The first-order chi connectivity index (χ1) is 8.52. The average Bonchev–Trinajstić information content (AvgIpc) is 2.63. The Morgan fingerprint density at radius 2 is 2.21 bits per heavy atom. The Morgan fingerprint density at radius 1 is 1.53 bits per heavy atom. The van der Waals surface area contributed by atoms with Crippen molar-refractivity contribution in [2.24, 2.45) is 18.7 Å². The highest BCUT2D eigenvalue weighted by molar-refractivity contribution is 5.94. The molecule has 3 N–H and O–H groups in total. The maximum absolute atomic E-state index is 11.7. The van der Waals surface area contributed by atoms with Crippen LogP contribution in [0.1, 0.15) is 6.92 Å². The molecule has 0 aliphatic carbocycles. The molecular weight excluding hydrogens is 270 g/mol. The lowest BCUT2D eigenvalue weighted by molar-refractivity contribution is -0.119. The average molecular weight is 286 g/mol. The molecule has 19 heavy (non-hydrogen) atoms. The number of nitrogens with two attached hydrogens (primary N) is 1. The fraction of sp³-hybridized carbons (Fsp3) is 0.333. The second-order valence-corrected chi connectivity index (χ2v) is 4.24. The monoisotopic (exact) mass is 285 g/mol. The molecule has 0 saturated heterocycles. The Kier molecular flexibility index (Phi) is 4.74. The van der Waals surface area contributed by atoms with Gasteiger partial charge in [0.2, 0.25) is 5.91 Å². The fourth-order valence-electron chi connectivity index (χ4n) is 1.58. The predicted octanol–water partition coefficient (Wildman–Crippen LogP) is 1.09. The zero-order chi connectivity index (χ0) is 13.3. The Bertz CT molecular complexity index is 647. The minimum atomic E-state index is -0.427. The summed E-state index contributed by atoms with van der Waals surface area (Å²) in [4.78, 5) is 23.0. The maximum Gasteiger partial charge on any atom is 0.419 e. The van der Waals surface area contributed by atoms with Gasteiger partial charge in [-0.2, -0.15) is 0 Å². The lowest BCUT2D eigenvalue weighted by Crippen LogP contribution is -2.26. The van der Waals surface area contributed by atoms with Crippen LogP contribution in [0.5, 0.6) is 0 Å². The summed E-state index contributed by atoms with van der Waals surface area (Å²) < 4.78 is 6.45. The number of hydrogen-bond donors (Lipinski definition) is 2. The van der Waals surface area contributed by atoms with Crippen LogP contribution in [0.15, 0.2) is 27.4 Å². The van der Waals surface area contributed by atoms with Crippen LogP contribution in [0, 0.1) is 5.92 Å². The normalized spacial score (nSPS) is 11.9. The van der Waals surface area contributed by atoms with Gasteiger partial charge < -0.3 is 15.5 Å². The number of oxazole rings is 1. The summed E-state index contributed by atoms with van der Waals surface area (Å²) in [6.07, 6.45) is 0. The van der Waals surface area contributed by atoms with E-state index in [0.717, 1.165) is 0 Å². The molecule has 1 aromatic carbocycles. The van der Waals surface area contributed by atoms with Crippen LogP contribution >= 0.6 is 12.4 Å². The number of rotatable bonds is 3. The van der Waals surface area contributed by atoms with Crippen molar-refractivity contribution in [3.63, 3.8) is 0 Å². The van der Waals surface area contributed by atoms with Crippen LogP contribution in [-0.2, 0) is 11.8 Å². The van der Waals surface area contributed by atoms with Gasteiger partial charge in [-0.25, -0.2) is 4.79 Å². The van der Waals surface area contributed by atoms with E-state index in [1.807, 2.05) is 0 Å². The Balaban J connectivity index is 0.00000180. The summed E-state index contributed by atoms with van der Waals surface area (Å²) in [5.74, 6) is -0.845. The van der Waals surface area contributed by atoms with Crippen LogP contribution in [0.25, 0.3) is 11.1 Å². The molecule has 1 atom stereocenters.